The minimum absolute atomic E-state index is 0.255. The van der Waals surface area contributed by atoms with E-state index in [4.69, 9.17) is 9.47 Å². The van der Waals surface area contributed by atoms with Crippen molar-refractivity contribution in [2.75, 3.05) is 18.5 Å². The maximum Gasteiger partial charge on any atom is 0.259 e. The van der Waals surface area contributed by atoms with E-state index in [1.807, 2.05) is 12.1 Å². The van der Waals surface area contributed by atoms with Crippen LogP contribution < -0.4 is 14.8 Å². The number of nitrogens with zero attached hydrogens (tertiary/aromatic N) is 2. The molecular formula is C15H10BrN3O3S. The number of aromatic nitrogens is 2. The standard InChI is InChI=1S/C15H10BrN3O3S/c16-9-3-8(6-17-7-9)14(20)19-15-18-10-4-11-12(5-13(10)23-15)22-2-1-21-11/h3-7H,1-2H2,(H,18,19,20). The van der Waals surface area contributed by atoms with Gasteiger partial charge in [0, 0.05) is 29.0 Å². The van der Waals surface area contributed by atoms with Gasteiger partial charge in [0.05, 0.1) is 15.8 Å². The fourth-order valence-corrected chi connectivity index (χ4v) is 3.46. The molecule has 0 radical (unpaired) electrons. The molecule has 1 N–H and O–H groups in total. The molecule has 116 valence electrons. The Hall–Kier alpha value is -2.19. The number of halogens is 1. The molecule has 0 aliphatic carbocycles. The molecule has 8 heteroatoms. The molecule has 2 aromatic heterocycles. The quantitative estimate of drug-likeness (QED) is 0.723. The van der Waals surface area contributed by atoms with E-state index in [9.17, 15) is 4.79 Å². The number of rotatable bonds is 2. The summed E-state index contributed by atoms with van der Waals surface area (Å²) in [5, 5.41) is 3.31. The highest BCUT2D eigenvalue weighted by Crippen LogP contribution is 2.37. The smallest absolute Gasteiger partial charge is 0.259 e. The van der Waals surface area contributed by atoms with E-state index in [1.165, 1.54) is 17.5 Å². The lowest BCUT2D eigenvalue weighted by atomic mass is 10.3. The predicted molar refractivity (Wildman–Crippen MR) is 90.5 cm³/mol. The summed E-state index contributed by atoms with van der Waals surface area (Å²) >= 11 is 4.68. The van der Waals surface area contributed by atoms with Crippen molar-refractivity contribution in [2.45, 2.75) is 0 Å². The highest BCUT2D eigenvalue weighted by Gasteiger charge is 2.16. The third-order valence-electron chi connectivity index (χ3n) is 3.24. The van der Waals surface area contributed by atoms with Gasteiger partial charge in [-0.25, -0.2) is 4.98 Å². The topological polar surface area (TPSA) is 73.3 Å². The monoisotopic (exact) mass is 391 g/mol. The number of hydrogen-bond donors (Lipinski definition) is 1. The maximum atomic E-state index is 12.2. The first-order valence-corrected chi connectivity index (χ1v) is 8.42. The Labute approximate surface area is 143 Å². The van der Waals surface area contributed by atoms with Gasteiger partial charge >= 0.3 is 0 Å². The van der Waals surface area contributed by atoms with Crippen molar-refractivity contribution in [3.63, 3.8) is 0 Å². The molecule has 3 aromatic rings. The minimum Gasteiger partial charge on any atom is -0.486 e. The van der Waals surface area contributed by atoms with E-state index in [-0.39, 0.29) is 5.91 Å². The largest absolute Gasteiger partial charge is 0.486 e. The number of pyridine rings is 1. The van der Waals surface area contributed by atoms with Gasteiger partial charge in [0.15, 0.2) is 16.6 Å². The zero-order valence-corrected chi connectivity index (χ0v) is 14.1. The number of carbonyl (C=O) groups excluding carboxylic acids is 1. The van der Waals surface area contributed by atoms with Crippen LogP contribution in [-0.4, -0.2) is 29.1 Å². The van der Waals surface area contributed by atoms with Crippen LogP contribution in [0.1, 0.15) is 10.4 Å². The van der Waals surface area contributed by atoms with Gasteiger partial charge in [-0.2, -0.15) is 0 Å². The number of benzene rings is 1. The SMILES string of the molecule is O=C(Nc1nc2cc3c(cc2s1)OCCO3)c1cncc(Br)c1. The fourth-order valence-electron chi connectivity index (χ4n) is 2.22. The number of nitrogens with one attached hydrogen (secondary N) is 1. The second-order valence-electron chi connectivity index (χ2n) is 4.83. The Morgan fingerprint density at radius 1 is 1.17 bits per heavy atom. The molecule has 0 saturated heterocycles. The molecule has 0 saturated carbocycles. The molecule has 0 bridgehead atoms. The minimum atomic E-state index is -0.255. The summed E-state index contributed by atoms with van der Waals surface area (Å²) in [5.41, 5.74) is 1.23. The summed E-state index contributed by atoms with van der Waals surface area (Å²) in [5.74, 6) is 1.14. The van der Waals surface area contributed by atoms with Gasteiger partial charge in [-0.15, -0.1) is 0 Å². The second kappa shape index (κ2) is 5.78. The first kappa shape index (κ1) is 14.4. The van der Waals surface area contributed by atoms with Crippen LogP contribution >= 0.6 is 27.3 Å². The molecule has 4 rings (SSSR count). The Bertz CT molecular complexity index is 869. The van der Waals surface area contributed by atoms with Gasteiger partial charge in [-0.05, 0) is 22.0 Å². The number of fused-ring (bicyclic) bond motifs is 2. The molecule has 1 aromatic carbocycles. The van der Waals surface area contributed by atoms with Crippen LogP contribution in [0.5, 0.6) is 11.5 Å². The molecule has 0 fully saturated rings. The molecule has 0 spiro atoms. The summed E-state index contributed by atoms with van der Waals surface area (Å²) in [6.07, 6.45) is 3.13. The summed E-state index contributed by atoms with van der Waals surface area (Å²) in [6.45, 7) is 1.07. The average Bonchev–Trinajstić information content (AvgIpc) is 2.93. The zero-order chi connectivity index (χ0) is 15.8. The lowest BCUT2D eigenvalue weighted by molar-refractivity contribution is 0.102. The van der Waals surface area contributed by atoms with Crippen LogP contribution in [0, 0.1) is 0 Å². The molecule has 1 aliphatic rings. The summed E-state index contributed by atoms with van der Waals surface area (Å²) in [6, 6.07) is 5.42. The van der Waals surface area contributed by atoms with Crippen molar-refractivity contribution < 1.29 is 14.3 Å². The van der Waals surface area contributed by atoms with Gasteiger partial charge in [-0.3, -0.25) is 15.1 Å². The molecule has 1 aliphatic heterocycles. The van der Waals surface area contributed by atoms with Crippen LogP contribution in [0.25, 0.3) is 10.2 Å². The van der Waals surface area contributed by atoms with Crippen molar-refractivity contribution in [1.29, 1.82) is 0 Å². The van der Waals surface area contributed by atoms with Crippen LogP contribution in [0.2, 0.25) is 0 Å². The molecule has 1 amide bonds. The van der Waals surface area contributed by atoms with Gasteiger partial charge in [0.2, 0.25) is 0 Å². The second-order valence-corrected chi connectivity index (χ2v) is 6.77. The number of thiazole rings is 1. The third kappa shape index (κ3) is 2.87. The number of hydrogen-bond acceptors (Lipinski definition) is 6. The fraction of sp³-hybridized carbons (Fsp3) is 0.133. The summed E-state index contributed by atoms with van der Waals surface area (Å²) in [7, 11) is 0. The Balaban J connectivity index is 1.63. The molecule has 23 heavy (non-hydrogen) atoms. The van der Waals surface area contributed by atoms with E-state index in [1.54, 1.807) is 12.3 Å². The van der Waals surface area contributed by atoms with Gasteiger partial charge in [-0.1, -0.05) is 11.3 Å². The van der Waals surface area contributed by atoms with E-state index < -0.39 is 0 Å². The van der Waals surface area contributed by atoms with Crippen molar-refractivity contribution in [3.05, 3.63) is 40.6 Å². The highest BCUT2D eigenvalue weighted by molar-refractivity contribution is 9.10. The van der Waals surface area contributed by atoms with Gasteiger partial charge in [0.1, 0.15) is 13.2 Å². The first-order chi connectivity index (χ1) is 11.2. The number of amides is 1. The highest BCUT2D eigenvalue weighted by atomic mass is 79.9. The van der Waals surface area contributed by atoms with Crippen molar-refractivity contribution in [3.8, 4) is 11.5 Å². The number of carbonyl (C=O) groups is 1. The van der Waals surface area contributed by atoms with Crippen LogP contribution in [0.4, 0.5) is 5.13 Å². The van der Waals surface area contributed by atoms with Crippen LogP contribution in [0.3, 0.4) is 0 Å². The van der Waals surface area contributed by atoms with E-state index in [2.05, 4.69) is 31.2 Å². The summed E-state index contributed by atoms with van der Waals surface area (Å²) in [4.78, 5) is 20.7. The average molecular weight is 392 g/mol. The van der Waals surface area contributed by atoms with Crippen LogP contribution in [0.15, 0.2) is 35.1 Å². The van der Waals surface area contributed by atoms with Crippen LogP contribution in [-0.2, 0) is 0 Å². The number of ether oxygens (including phenoxy) is 2. The lowest BCUT2D eigenvalue weighted by Crippen LogP contribution is -2.15. The maximum absolute atomic E-state index is 12.2. The van der Waals surface area contributed by atoms with Gasteiger partial charge in [0.25, 0.3) is 5.91 Å². The van der Waals surface area contributed by atoms with E-state index in [0.29, 0.717) is 35.4 Å². The van der Waals surface area contributed by atoms with Crippen molar-refractivity contribution in [1.82, 2.24) is 9.97 Å². The number of anilines is 1. The Kier molecular flexibility index (Phi) is 3.62. The lowest BCUT2D eigenvalue weighted by Gasteiger charge is -2.17. The molecule has 3 heterocycles. The van der Waals surface area contributed by atoms with Gasteiger partial charge < -0.3 is 9.47 Å². The molecule has 6 nitrogen and oxygen atoms in total. The molecular weight excluding hydrogens is 382 g/mol. The Morgan fingerprint density at radius 2 is 1.96 bits per heavy atom. The normalized spacial score (nSPS) is 13.1. The Morgan fingerprint density at radius 3 is 2.74 bits per heavy atom. The molecule has 0 atom stereocenters. The zero-order valence-electron chi connectivity index (χ0n) is 11.7. The predicted octanol–water partition coefficient (Wildman–Crippen LogP) is 3.48. The third-order valence-corrected chi connectivity index (χ3v) is 4.61. The first-order valence-electron chi connectivity index (χ1n) is 6.81. The van der Waals surface area contributed by atoms with Crippen molar-refractivity contribution in [2.24, 2.45) is 0 Å². The molecule has 0 unspecified atom stereocenters. The van der Waals surface area contributed by atoms with E-state index in [0.717, 1.165) is 14.7 Å². The van der Waals surface area contributed by atoms with Crippen molar-refractivity contribution >= 4 is 48.5 Å². The van der Waals surface area contributed by atoms with E-state index >= 15 is 0 Å². The summed E-state index contributed by atoms with van der Waals surface area (Å²) < 4.78 is 12.8.